The van der Waals surface area contributed by atoms with Crippen molar-refractivity contribution in [1.82, 2.24) is 0 Å². The van der Waals surface area contributed by atoms with Crippen molar-refractivity contribution in [2.24, 2.45) is 0 Å². The SMILES string of the molecule is Cc1occc1C(=O)OCC(=O)Nc1ccc(N2CCCCC2)cc1. The first-order valence-corrected chi connectivity index (χ1v) is 8.49. The highest BCUT2D eigenvalue weighted by Crippen LogP contribution is 2.21. The van der Waals surface area contributed by atoms with Crippen molar-refractivity contribution >= 4 is 23.3 Å². The number of nitrogens with zero attached hydrogens (tertiary/aromatic N) is 1. The number of benzene rings is 1. The zero-order valence-electron chi connectivity index (χ0n) is 14.3. The first-order valence-electron chi connectivity index (χ1n) is 8.49. The van der Waals surface area contributed by atoms with Gasteiger partial charge in [0.2, 0.25) is 0 Å². The van der Waals surface area contributed by atoms with E-state index in [0.29, 0.717) is 17.0 Å². The van der Waals surface area contributed by atoms with Crippen molar-refractivity contribution in [2.75, 3.05) is 29.9 Å². The topological polar surface area (TPSA) is 71.8 Å². The predicted octanol–water partition coefficient (Wildman–Crippen LogP) is 3.37. The van der Waals surface area contributed by atoms with Gasteiger partial charge in [0.1, 0.15) is 11.3 Å². The Morgan fingerprint density at radius 2 is 1.84 bits per heavy atom. The molecule has 1 aromatic carbocycles. The molecule has 0 spiro atoms. The first-order chi connectivity index (χ1) is 12.1. The van der Waals surface area contributed by atoms with Crippen molar-refractivity contribution in [2.45, 2.75) is 26.2 Å². The third-order valence-electron chi connectivity index (χ3n) is 4.29. The van der Waals surface area contributed by atoms with E-state index in [0.717, 1.165) is 13.1 Å². The Balaban J connectivity index is 1.49. The number of furan rings is 1. The number of hydrogen-bond acceptors (Lipinski definition) is 5. The molecule has 1 N–H and O–H groups in total. The summed E-state index contributed by atoms with van der Waals surface area (Å²) < 4.78 is 10.0. The average molecular weight is 342 g/mol. The number of aryl methyl sites for hydroxylation is 1. The highest BCUT2D eigenvalue weighted by atomic mass is 16.5. The van der Waals surface area contributed by atoms with Gasteiger partial charge in [0.25, 0.3) is 5.91 Å². The van der Waals surface area contributed by atoms with E-state index in [4.69, 9.17) is 9.15 Å². The fraction of sp³-hybridized carbons (Fsp3) is 0.368. The fourth-order valence-electron chi connectivity index (χ4n) is 2.91. The Labute approximate surface area is 146 Å². The van der Waals surface area contributed by atoms with Crippen molar-refractivity contribution in [3.05, 3.63) is 47.9 Å². The Bertz CT molecular complexity index is 730. The van der Waals surface area contributed by atoms with Crippen molar-refractivity contribution in [1.29, 1.82) is 0 Å². The second-order valence-electron chi connectivity index (χ2n) is 6.11. The lowest BCUT2D eigenvalue weighted by Crippen LogP contribution is -2.29. The van der Waals surface area contributed by atoms with Crippen LogP contribution in [-0.4, -0.2) is 31.6 Å². The van der Waals surface area contributed by atoms with Crippen LogP contribution in [0.15, 0.2) is 41.0 Å². The predicted molar refractivity (Wildman–Crippen MR) is 94.9 cm³/mol. The summed E-state index contributed by atoms with van der Waals surface area (Å²) in [6.07, 6.45) is 5.15. The summed E-state index contributed by atoms with van der Waals surface area (Å²) in [6.45, 7) is 3.49. The molecule has 1 aliphatic rings. The van der Waals surface area contributed by atoms with Crippen molar-refractivity contribution in [3.63, 3.8) is 0 Å². The normalized spacial score (nSPS) is 14.2. The highest BCUT2D eigenvalue weighted by molar-refractivity contribution is 5.95. The van der Waals surface area contributed by atoms with Gasteiger partial charge in [-0.2, -0.15) is 0 Å². The number of piperidine rings is 1. The van der Waals surface area contributed by atoms with Crippen LogP contribution < -0.4 is 10.2 Å². The third kappa shape index (κ3) is 4.41. The summed E-state index contributed by atoms with van der Waals surface area (Å²) in [7, 11) is 0. The number of nitrogens with one attached hydrogen (secondary N) is 1. The van der Waals surface area contributed by atoms with Crippen LogP contribution >= 0.6 is 0 Å². The Morgan fingerprint density at radius 3 is 2.48 bits per heavy atom. The second-order valence-corrected chi connectivity index (χ2v) is 6.11. The number of hydrogen-bond donors (Lipinski definition) is 1. The van der Waals surface area contributed by atoms with Gasteiger partial charge in [-0.05, 0) is 56.5 Å². The van der Waals surface area contributed by atoms with Gasteiger partial charge >= 0.3 is 5.97 Å². The number of carbonyl (C=O) groups is 2. The van der Waals surface area contributed by atoms with Gasteiger partial charge < -0.3 is 19.4 Å². The maximum Gasteiger partial charge on any atom is 0.342 e. The first kappa shape index (κ1) is 17.1. The molecule has 6 nitrogen and oxygen atoms in total. The minimum atomic E-state index is -0.568. The van der Waals surface area contributed by atoms with Crippen LogP contribution in [0, 0.1) is 6.92 Å². The molecular weight excluding hydrogens is 320 g/mol. The van der Waals surface area contributed by atoms with Gasteiger partial charge in [0.05, 0.1) is 6.26 Å². The lowest BCUT2D eigenvalue weighted by molar-refractivity contribution is -0.119. The van der Waals surface area contributed by atoms with E-state index < -0.39 is 5.97 Å². The fourth-order valence-corrected chi connectivity index (χ4v) is 2.91. The molecule has 0 unspecified atom stereocenters. The largest absolute Gasteiger partial charge is 0.469 e. The molecule has 0 bridgehead atoms. The summed E-state index contributed by atoms with van der Waals surface area (Å²) in [5, 5.41) is 2.73. The van der Waals surface area contributed by atoms with Gasteiger partial charge in [-0.3, -0.25) is 4.79 Å². The number of ether oxygens (including phenoxy) is 1. The molecule has 3 rings (SSSR count). The standard InChI is InChI=1S/C19H22N2O4/c1-14-17(9-12-24-14)19(23)25-13-18(22)20-15-5-7-16(8-6-15)21-10-3-2-4-11-21/h5-9,12H,2-4,10-11,13H2,1H3,(H,20,22). The van der Waals surface area contributed by atoms with E-state index in [1.807, 2.05) is 24.3 Å². The molecule has 1 aromatic heterocycles. The van der Waals surface area contributed by atoms with Crippen LogP contribution in [0.1, 0.15) is 35.4 Å². The van der Waals surface area contributed by atoms with Gasteiger partial charge in [0, 0.05) is 24.5 Å². The van der Waals surface area contributed by atoms with Crippen LogP contribution in [0.3, 0.4) is 0 Å². The number of rotatable bonds is 5. The second kappa shape index (κ2) is 7.88. The molecule has 2 heterocycles. The Hall–Kier alpha value is -2.76. The van der Waals surface area contributed by atoms with E-state index >= 15 is 0 Å². The van der Waals surface area contributed by atoms with E-state index in [1.54, 1.807) is 6.92 Å². The molecule has 0 aliphatic carbocycles. The Kier molecular flexibility index (Phi) is 5.38. The smallest absolute Gasteiger partial charge is 0.342 e. The number of carbonyl (C=O) groups excluding carboxylic acids is 2. The van der Waals surface area contributed by atoms with Crippen LogP contribution in [0.25, 0.3) is 0 Å². The van der Waals surface area contributed by atoms with Gasteiger partial charge in [-0.15, -0.1) is 0 Å². The quantitative estimate of drug-likeness (QED) is 0.844. The molecule has 1 amide bonds. The van der Waals surface area contributed by atoms with Crippen molar-refractivity contribution in [3.8, 4) is 0 Å². The van der Waals surface area contributed by atoms with Crippen LogP contribution in [-0.2, 0) is 9.53 Å². The number of amides is 1. The van der Waals surface area contributed by atoms with Gasteiger partial charge in [-0.25, -0.2) is 4.79 Å². The molecule has 1 aliphatic heterocycles. The summed E-state index contributed by atoms with van der Waals surface area (Å²) in [5.41, 5.74) is 2.18. The lowest BCUT2D eigenvalue weighted by Gasteiger charge is -2.28. The summed E-state index contributed by atoms with van der Waals surface area (Å²) in [5.74, 6) is -0.472. The molecule has 132 valence electrons. The van der Waals surface area contributed by atoms with Crippen LogP contribution in [0.5, 0.6) is 0 Å². The molecule has 2 aromatic rings. The van der Waals surface area contributed by atoms with E-state index in [2.05, 4.69) is 10.2 Å². The minimum absolute atomic E-state index is 0.332. The Morgan fingerprint density at radius 1 is 1.12 bits per heavy atom. The van der Waals surface area contributed by atoms with Gasteiger partial charge in [-0.1, -0.05) is 0 Å². The summed E-state index contributed by atoms with van der Waals surface area (Å²) in [6, 6.07) is 9.26. The van der Waals surface area contributed by atoms with Gasteiger partial charge in [0.15, 0.2) is 6.61 Å². The van der Waals surface area contributed by atoms with Crippen molar-refractivity contribution < 1.29 is 18.7 Å². The molecule has 1 saturated heterocycles. The molecule has 0 saturated carbocycles. The number of anilines is 2. The molecule has 25 heavy (non-hydrogen) atoms. The molecule has 6 heteroatoms. The lowest BCUT2D eigenvalue weighted by atomic mass is 10.1. The minimum Gasteiger partial charge on any atom is -0.469 e. The van der Waals surface area contributed by atoms with E-state index in [-0.39, 0.29) is 12.5 Å². The summed E-state index contributed by atoms with van der Waals surface area (Å²) >= 11 is 0. The zero-order valence-corrected chi connectivity index (χ0v) is 14.3. The average Bonchev–Trinajstić information content (AvgIpc) is 3.07. The maximum atomic E-state index is 11.9. The van der Waals surface area contributed by atoms with Crippen LogP contribution in [0.2, 0.25) is 0 Å². The van der Waals surface area contributed by atoms with E-state index in [9.17, 15) is 9.59 Å². The molecule has 0 radical (unpaired) electrons. The molecule has 0 atom stereocenters. The van der Waals surface area contributed by atoms with E-state index in [1.165, 1.54) is 37.3 Å². The highest BCUT2D eigenvalue weighted by Gasteiger charge is 2.15. The zero-order chi connectivity index (χ0) is 17.6. The number of esters is 1. The third-order valence-corrected chi connectivity index (χ3v) is 4.29. The molecule has 1 fully saturated rings. The maximum absolute atomic E-state index is 11.9. The van der Waals surface area contributed by atoms with Crippen LogP contribution in [0.4, 0.5) is 11.4 Å². The monoisotopic (exact) mass is 342 g/mol. The molecular formula is C19H22N2O4. The summed E-state index contributed by atoms with van der Waals surface area (Å²) in [4.78, 5) is 26.1.